The second kappa shape index (κ2) is 8.91. The van der Waals surface area contributed by atoms with Gasteiger partial charge in [0.05, 0.1) is 23.3 Å². The molecule has 1 amide bonds. The molecule has 0 spiro atoms. The maximum absolute atomic E-state index is 13.4. The first-order chi connectivity index (χ1) is 15.6. The van der Waals surface area contributed by atoms with Gasteiger partial charge in [-0.1, -0.05) is 49.3 Å². The molecule has 7 nitrogen and oxygen atoms in total. The Morgan fingerprint density at radius 1 is 1.19 bits per heavy atom. The Morgan fingerprint density at radius 3 is 2.81 bits per heavy atom. The van der Waals surface area contributed by atoms with Gasteiger partial charge in [-0.3, -0.25) is 18.9 Å². The van der Waals surface area contributed by atoms with E-state index in [2.05, 4.69) is 5.32 Å². The molecule has 4 heterocycles. The fourth-order valence-corrected chi connectivity index (χ4v) is 5.35. The lowest BCUT2D eigenvalue weighted by atomic mass is 9.95. The van der Waals surface area contributed by atoms with Crippen molar-refractivity contribution in [1.82, 2.24) is 14.3 Å². The van der Waals surface area contributed by atoms with Crippen molar-refractivity contribution < 1.29 is 9.21 Å². The zero-order chi connectivity index (χ0) is 22.1. The average molecular weight is 467 g/mol. The van der Waals surface area contributed by atoms with Crippen LogP contribution in [0.25, 0.3) is 11.7 Å². The van der Waals surface area contributed by atoms with Crippen LogP contribution in [-0.2, 0) is 11.3 Å². The van der Waals surface area contributed by atoms with Crippen molar-refractivity contribution in [3.8, 4) is 0 Å². The summed E-state index contributed by atoms with van der Waals surface area (Å²) < 4.78 is 7.30. The number of hydrogen-bond acceptors (Lipinski definition) is 7. The normalized spacial score (nSPS) is 18.8. The number of thioether (sulfide) groups is 1. The van der Waals surface area contributed by atoms with Gasteiger partial charge >= 0.3 is 0 Å². The highest BCUT2D eigenvalue weighted by atomic mass is 32.2. The number of thiocarbonyl (C=S) groups is 1. The molecule has 2 fully saturated rings. The summed E-state index contributed by atoms with van der Waals surface area (Å²) in [6, 6.07) is 9.28. The minimum absolute atomic E-state index is 0.217. The molecule has 0 aromatic carbocycles. The predicted molar refractivity (Wildman–Crippen MR) is 129 cm³/mol. The third kappa shape index (κ3) is 4.10. The highest BCUT2D eigenvalue weighted by Gasteiger charge is 2.33. The third-order valence-corrected chi connectivity index (χ3v) is 7.14. The van der Waals surface area contributed by atoms with Gasteiger partial charge in [-0.25, -0.2) is 4.98 Å². The molecule has 164 valence electrons. The molecule has 1 saturated heterocycles. The van der Waals surface area contributed by atoms with Gasteiger partial charge in [0.1, 0.15) is 21.5 Å². The van der Waals surface area contributed by atoms with E-state index in [4.69, 9.17) is 21.6 Å². The van der Waals surface area contributed by atoms with Crippen LogP contribution in [0.2, 0.25) is 0 Å². The molecule has 3 aromatic heterocycles. The smallest absolute Gasteiger partial charge is 0.267 e. The van der Waals surface area contributed by atoms with Gasteiger partial charge in [-0.05, 0) is 43.2 Å². The van der Waals surface area contributed by atoms with E-state index in [0.717, 1.165) is 25.7 Å². The number of nitrogens with zero attached hydrogens (tertiary/aromatic N) is 3. The van der Waals surface area contributed by atoms with Crippen LogP contribution in [0.4, 0.5) is 5.82 Å². The predicted octanol–water partition coefficient (Wildman–Crippen LogP) is 4.43. The number of aromatic nitrogens is 2. The summed E-state index contributed by atoms with van der Waals surface area (Å²) in [5.74, 6) is 0.927. The topological polar surface area (TPSA) is 79.9 Å². The van der Waals surface area contributed by atoms with Gasteiger partial charge in [0, 0.05) is 12.2 Å². The summed E-state index contributed by atoms with van der Waals surface area (Å²) in [7, 11) is 0. The van der Waals surface area contributed by atoms with Gasteiger partial charge in [0.25, 0.3) is 11.5 Å². The van der Waals surface area contributed by atoms with Crippen LogP contribution >= 0.6 is 24.0 Å². The highest BCUT2D eigenvalue weighted by molar-refractivity contribution is 8.26. The van der Waals surface area contributed by atoms with Crippen LogP contribution in [0.5, 0.6) is 0 Å². The summed E-state index contributed by atoms with van der Waals surface area (Å²) in [6.07, 6.45) is 10.5. The van der Waals surface area contributed by atoms with Crippen LogP contribution in [0, 0.1) is 0 Å². The van der Waals surface area contributed by atoms with Crippen molar-refractivity contribution in [2.75, 3.05) is 5.32 Å². The van der Waals surface area contributed by atoms with E-state index in [1.54, 1.807) is 42.8 Å². The van der Waals surface area contributed by atoms with Crippen molar-refractivity contribution in [3.63, 3.8) is 0 Å². The standard InChI is InChI=1S/C23H22N4O3S2/c28-21-17(13-18-22(29)27(23(31)32-18)14-16-9-6-12-30-16)20(24-15-7-2-1-3-8-15)25-19-10-4-5-11-26(19)21/h4-6,9-13,15,24H,1-3,7-8,14H2. The molecule has 5 rings (SSSR count). The number of fused-ring (bicyclic) bond motifs is 1. The van der Waals surface area contributed by atoms with E-state index >= 15 is 0 Å². The molecule has 1 saturated carbocycles. The number of carbonyl (C=O) groups is 1. The maximum atomic E-state index is 13.4. The molecular formula is C23H22N4O3S2. The first-order valence-corrected chi connectivity index (χ1v) is 11.9. The molecule has 1 aliphatic heterocycles. The molecule has 3 aromatic rings. The molecule has 9 heteroatoms. The van der Waals surface area contributed by atoms with Gasteiger partial charge in [-0.15, -0.1) is 0 Å². The summed E-state index contributed by atoms with van der Waals surface area (Å²) in [5.41, 5.74) is 0.723. The quantitative estimate of drug-likeness (QED) is 0.440. The molecule has 0 bridgehead atoms. The molecular weight excluding hydrogens is 444 g/mol. The minimum atomic E-state index is -0.238. The average Bonchev–Trinajstić information content (AvgIpc) is 3.41. The zero-order valence-corrected chi connectivity index (χ0v) is 19.0. The molecule has 32 heavy (non-hydrogen) atoms. The molecule has 1 aliphatic carbocycles. The van der Waals surface area contributed by atoms with Crippen molar-refractivity contribution in [1.29, 1.82) is 0 Å². The number of hydrogen-bond donors (Lipinski definition) is 1. The highest BCUT2D eigenvalue weighted by Crippen LogP contribution is 2.34. The van der Waals surface area contributed by atoms with Crippen molar-refractivity contribution >= 4 is 51.7 Å². The number of furan rings is 1. The number of nitrogens with one attached hydrogen (secondary N) is 1. The van der Waals surface area contributed by atoms with Crippen molar-refractivity contribution in [2.24, 2.45) is 0 Å². The number of amides is 1. The fourth-order valence-electron chi connectivity index (χ4n) is 4.11. The number of anilines is 1. The lowest BCUT2D eigenvalue weighted by Gasteiger charge is -2.24. The van der Waals surface area contributed by atoms with Gasteiger partial charge < -0.3 is 9.73 Å². The largest absolute Gasteiger partial charge is 0.467 e. The van der Waals surface area contributed by atoms with Crippen LogP contribution in [0.3, 0.4) is 0 Å². The zero-order valence-electron chi connectivity index (χ0n) is 17.3. The molecule has 0 radical (unpaired) electrons. The Kier molecular flexibility index (Phi) is 5.84. The van der Waals surface area contributed by atoms with E-state index < -0.39 is 0 Å². The minimum Gasteiger partial charge on any atom is -0.467 e. The summed E-state index contributed by atoms with van der Waals surface area (Å²) in [4.78, 5) is 33.1. The first-order valence-electron chi connectivity index (χ1n) is 10.7. The van der Waals surface area contributed by atoms with Gasteiger partial charge in [0.2, 0.25) is 0 Å². The SMILES string of the molecule is O=C1C(=Cc2c(NC3CCCCC3)nc3ccccn3c2=O)SC(=S)N1Cc1ccco1. The number of rotatable bonds is 5. The van der Waals surface area contributed by atoms with E-state index in [-0.39, 0.29) is 24.1 Å². The van der Waals surface area contributed by atoms with E-state index in [9.17, 15) is 9.59 Å². The van der Waals surface area contributed by atoms with E-state index in [0.29, 0.717) is 32.0 Å². The summed E-state index contributed by atoms with van der Waals surface area (Å²) >= 11 is 6.62. The second-order valence-corrected chi connectivity index (χ2v) is 9.61. The monoisotopic (exact) mass is 466 g/mol. The number of carbonyl (C=O) groups excluding carboxylic acids is 1. The summed E-state index contributed by atoms with van der Waals surface area (Å²) in [5, 5.41) is 3.48. The Bertz CT molecular complexity index is 1260. The van der Waals surface area contributed by atoms with Gasteiger partial charge in [-0.2, -0.15) is 0 Å². The second-order valence-electron chi connectivity index (χ2n) is 7.93. The van der Waals surface area contributed by atoms with E-state index in [1.165, 1.54) is 27.5 Å². The van der Waals surface area contributed by atoms with Gasteiger partial charge in [0.15, 0.2) is 0 Å². The van der Waals surface area contributed by atoms with Crippen LogP contribution in [-0.4, -0.2) is 30.6 Å². The fraction of sp³-hybridized carbons (Fsp3) is 0.304. The maximum Gasteiger partial charge on any atom is 0.267 e. The Hall–Kier alpha value is -2.91. The Morgan fingerprint density at radius 2 is 2.03 bits per heavy atom. The molecule has 1 N–H and O–H groups in total. The van der Waals surface area contributed by atoms with Crippen molar-refractivity contribution in [3.05, 3.63) is 69.4 Å². The lowest BCUT2D eigenvalue weighted by Crippen LogP contribution is -2.28. The molecule has 2 aliphatic rings. The Labute approximate surface area is 194 Å². The van der Waals surface area contributed by atoms with Crippen LogP contribution < -0.4 is 10.9 Å². The van der Waals surface area contributed by atoms with E-state index in [1.807, 2.05) is 6.07 Å². The molecule has 0 unspecified atom stereocenters. The summed E-state index contributed by atoms with van der Waals surface area (Å²) in [6.45, 7) is 0.261. The third-order valence-electron chi connectivity index (χ3n) is 5.76. The molecule has 0 atom stereocenters. The number of pyridine rings is 1. The lowest BCUT2D eigenvalue weighted by molar-refractivity contribution is -0.122. The van der Waals surface area contributed by atoms with Crippen molar-refractivity contribution in [2.45, 2.75) is 44.7 Å². The Balaban J connectivity index is 1.53. The first kappa shape index (κ1) is 21.0. The van der Waals surface area contributed by atoms with Crippen LogP contribution in [0.1, 0.15) is 43.4 Å². The van der Waals surface area contributed by atoms with Crippen LogP contribution in [0.15, 0.2) is 56.9 Å².